The SMILES string of the molecule is CC(C)CCc1nc(N)c(Br)c(C2CCCC2)n1. The Hall–Kier alpha value is -0.640. The van der Waals surface area contributed by atoms with Crippen molar-refractivity contribution < 1.29 is 0 Å². The fraction of sp³-hybridized carbons (Fsp3) is 0.714. The van der Waals surface area contributed by atoms with Crippen LogP contribution in [0.5, 0.6) is 0 Å². The van der Waals surface area contributed by atoms with Gasteiger partial charge < -0.3 is 5.73 Å². The molecule has 0 saturated heterocycles. The topological polar surface area (TPSA) is 51.8 Å². The number of aryl methyl sites for hydroxylation is 1. The molecule has 0 spiro atoms. The van der Waals surface area contributed by atoms with Crippen molar-refractivity contribution in [3.63, 3.8) is 0 Å². The Balaban J connectivity index is 2.21. The summed E-state index contributed by atoms with van der Waals surface area (Å²) in [7, 11) is 0. The quantitative estimate of drug-likeness (QED) is 0.912. The highest BCUT2D eigenvalue weighted by molar-refractivity contribution is 9.10. The van der Waals surface area contributed by atoms with Gasteiger partial charge in [-0.2, -0.15) is 0 Å². The van der Waals surface area contributed by atoms with Gasteiger partial charge in [-0.05, 0) is 41.1 Å². The molecule has 0 bridgehead atoms. The van der Waals surface area contributed by atoms with Crippen LogP contribution in [-0.2, 0) is 6.42 Å². The van der Waals surface area contributed by atoms with E-state index in [2.05, 4.69) is 34.8 Å². The van der Waals surface area contributed by atoms with Gasteiger partial charge in [-0.1, -0.05) is 26.7 Å². The minimum Gasteiger partial charge on any atom is -0.383 e. The van der Waals surface area contributed by atoms with Crippen LogP contribution in [0.4, 0.5) is 5.82 Å². The van der Waals surface area contributed by atoms with Crippen molar-refractivity contribution >= 4 is 21.7 Å². The zero-order valence-electron chi connectivity index (χ0n) is 11.2. The zero-order valence-corrected chi connectivity index (χ0v) is 12.8. The average molecular weight is 312 g/mol. The lowest BCUT2D eigenvalue weighted by atomic mass is 10.0. The van der Waals surface area contributed by atoms with Crippen LogP contribution >= 0.6 is 15.9 Å². The van der Waals surface area contributed by atoms with Gasteiger partial charge in [0.25, 0.3) is 0 Å². The number of nitrogens with two attached hydrogens (primary N) is 1. The Morgan fingerprint density at radius 2 is 1.94 bits per heavy atom. The van der Waals surface area contributed by atoms with E-state index in [1.54, 1.807) is 0 Å². The highest BCUT2D eigenvalue weighted by atomic mass is 79.9. The summed E-state index contributed by atoms with van der Waals surface area (Å²) >= 11 is 3.55. The first-order chi connectivity index (χ1) is 8.58. The molecule has 1 aliphatic carbocycles. The van der Waals surface area contributed by atoms with E-state index in [1.807, 2.05) is 0 Å². The van der Waals surface area contributed by atoms with Gasteiger partial charge in [-0.3, -0.25) is 0 Å². The number of nitrogens with zero attached hydrogens (tertiary/aromatic N) is 2. The van der Waals surface area contributed by atoms with E-state index in [9.17, 15) is 0 Å². The molecule has 1 aromatic heterocycles. The minimum atomic E-state index is 0.572. The molecule has 2 N–H and O–H groups in total. The fourth-order valence-electron chi connectivity index (χ4n) is 2.53. The lowest BCUT2D eigenvalue weighted by molar-refractivity contribution is 0.570. The summed E-state index contributed by atoms with van der Waals surface area (Å²) in [5.41, 5.74) is 7.14. The largest absolute Gasteiger partial charge is 0.383 e. The van der Waals surface area contributed by atoms with Crippen LogP contribution in [0.1, 0.15) is 63.4 Å². The summed E-state index contributed by atoms with van der Waals surface area (Å²) in [6, 6.07) is 0. The van der Waals surface area contributed by atoms with Gasteiger partial charge in [0.05, 0.1) is 10.2 Å². The molecular formula is C14H22BrN3. The van der Waals surface area contributed by atoms with Crippen molar-refractivity contribution in [3.8, 4) is 0 Å². The van der Waals surface area contributed by atoms with Crippen LogP contribution in [0, 0.1) is 5.92 Å². The van der Waals surface area contributed by atoms with Gasteiger partial charge in [0.1, 0.15) is 11.6 Å². The van der Waals surface area contributed by atoms with E-state index < -0.39 is 0 Å². The van der Waals surface area contributed by atoms with Crippen molar-refractivity contribution in [2.24, 2.45) is 5.92 Å². The number of rotatable bonds is 4. The first-order valence-electron chi connectivity index (χ1n) is 6.89. The van der Waals surface area contributed by atoms with Crippen molar-refractivity contribution in [2.45, 2.75) is 58.3 Å². The molecule has 0 radical (unpaired) electrons. The zero-order chi connectivity index (χ0) is 13.1. The first kappa shape index (κ1) is 13.8. The van der Waals surface area contributed by atoms with Gasteiger partial charge in [-0.25, -0.2) is 9.97 Å². The minimum absolute atomic E-state index is 0.572. The van der Waals surface area contributed by atoms with Gasteiger partial charge in [-0.15, -0.1) is 0 Å². The van der Waals surface area contributed by atoms with Crippen LogP contribution in [0.2, 0.25) is 0 Å². The third-order valence-corrected chi connectivity index (χ3v) is 4.45. The Bertz CT molecular complexity index is 412. The predicted molar refractivity (Wildman–Crippen MR) is 78.5 cm³/mol. The lowest BCUT2D eigenvalue weighted by Crippen LogP contribution is -2.08. The number of anilines is 1. The summed E-state index contributed by atoms with van der Waals surface area (Å²) < 4.78 is 0.919. The Morgan fingerprint density at radius 1 is 1.28 bits per heavy atom. The Morgan fingerprint density at radius 3 is 2.56 bits per heavy atom. The number of hydrogen-bond acceptors (Lipinski definition) is 3. The van der Waals surface area contributed by atoms with Crippen LogP contribution in [0.25, 0.3) is 0 Å². The first-order valence-corrected chi connectivity index (χ1v) is 7.69. The van der Waals surface area contributed by atoms with Crippen molar-refractivity contribution in [1.29, 1.82) is 0 Å². The van der Waals surface area contributed by atoms with Gasteiger partial charge in [0, 0.05) is 12.3 Å². The second-order valence-electron chi connectivity index (χ2n) is 5.64. The molecule has 1 aliphatic rings. The molecule has 1 saturated carbocycles. The summed E-state index contributed by atoms with van der Waals surface area (Å²) in [6.45, 7) is 4.44. The van der Waals surface area contributed by atoms with Crippen LogP contribution < -0.4 is 5.73 Å². The smallest absolute Gasteiger partial charge is 0.141 e. The van der Waals surface area contributed by atoms with Gasteiger partial charge >= 0.3 is 0 Å². The summed E-state index contributed by atoms with van der Waals surface area (Å²) in [5.74, 6) is 2.76. The normalized spacial score (nSPS) is 16.7. The molecule has 0 aromatic carbocycles. The molecule has 2 rings (SSSR count). The second-order valence-corrected chi connectivity index (χ2v) is 6.43. The van der Waals surface area contributed by atoms with E-state index in [0.717, 1.165) is 28.8 Å². The molecule has 1 aromatic rings. The van der Waals surface area contributed by atoms with E-state index in [-0.39, 0.29) is 0 Å². The van der Waals surface area contributed by atoms with Crippen molar-refractivity contribution in [2.75, 3.05) is 5.73 Å². The third-order valence-electron chi connectivity index (χ3n) is 3.64. The second kappa shape index (κ2) is 6.00. The van der Waals surface area contributed by atoms with Gasteiger partial charge in [0.2, 0.25) is 0 Å². The summed E-state index contributed by atoms with van der Waals surface area (Å²) in [5, 5.41) is 0. The van der Waals surface area contributed by atoms with Crippen molar-refractivity contribution in [1.82, 2.24) is 9.97 Å². The predicted octanol–water partition coefficient (Wildman–Crippen LogP) is 4.07. The molecule has 0 amide bonds. The Kier molecular flexibility index (Phi) is 4.60. The molecule has 4 heteroatoms. The maximum atomic E-state index is 6.00. The highest BCUT2D eigenvalue weighted by Gasteiger charge is 2.23. The molecule has 0 unspecified atom stereocenters. The molecule has 3 nitrogen and oxygen atoms in total. The third kappa shape index (κ3) is 3.22. The van der Waals surface area contributed by atoms with E-state index in [1.165, 1.54) is 25.7 Å². The van der Waals surface area contributed by atoms with Crippen molar-refractivity contribution in [3.05, 3.63) is 16.0 Å². The Labute approximate surface area is 118 Å². The van der Waals surface area contributed by atoms with E-state index >= 15 is 0 Å². The summed E-state index contributed by atoms with van der Waals surface area (Å²) in [4.78, 5) is 9.15. The molecule has 100 valence electrons. The average Bonchev–Trinajstić information content (AvgIpc) is 2.84. The highest BCUT2D eigenvalue weighted by Crippen LogP contribution is 2.38. The summed E-state index contributed by atoms with van der Waals surface area (Å²) in [6.07, 6.45) is 7.13. The molecule has 1 fully saturated rings. The maximum Gasteiger partial charge on any atom is 0.141 e. The fourth-order valence-corrected chi connectivity index (χ4v) is 3.03. The van der Waals surface area contributed by atoms with Gasteiger partial charge in [0.15, 0.2) is 0 Å². The monoisotopic (exact) mass is 311 g/mol. The number of nitrogen functional groups attached to an aromatic ring is 1. The molecule has 1 heterocycles. The van der Waals surface area contributed by atoms with E-state index in [0.29, 0.717) is 17.7 Å². The van der Waals surface area contributed by atoms with E-state index in [4.69, 9.17) is 10.7 Å². The standard InChI is InChI=1S/C14H22BrN3/c1-9(2)7-8-11-17-13(10-5-3-4-6-10)12(15)14(16)18-11/h9-10H,3-8H2,1-2H3,(H2,16,17,18). The van der Waals surface area contributed by atoms with Crippen LogP contribution in [0.15, 0.2) is 4.47 Å². The number of aromatic nitrogens is 2. The maximum absolute atomic E-state index is 6.00. The van der Waals surface area contributed by atoms with Crippen LogP contribution in [0.3, 0.4) is 0 Å². The molecule has 0 atom stereocenters. The van der Waals surface area contributed by atoms with Crippen LogP contribution in [-0.4, -0.2) is 9.97 Å². The lowest BCUT2D eigenvalue weighted by Gasteiger charge is -2.14. The molecule has 18 heavy (non-hydrogen) atoms. The number of halogens is 1. The molecule has 0 aliphatic heterocycles. The number of hydrogen-bond donors (Lipinski definition) is 1. The molecular weight excluding hydrogens is 290 g/mol.